The van der Waals surface area contributed by atoms with Gasteiger partial charge in [-0.05, 0) is 62.1 Å². The monoisotopic (exact) mass is 298 g/mol. The predicted octanol–water partition coefficient (Wildman–Crippen LogP) is 3.05. The van der Waals surface area contributed by atoms with Gasteiger partial charge in [-0.2, -0.15) is 0 Å². The fourth-order valence-electron chi connectivity index (χ4n) is 3.28. The van der Waals surface area contributed by atoms with Crippen molar-refractivity contribution in [2.24, 2.45) is 11.7 Å². The summed E-state index contributed by atoms with van der Waals surface area (Å²) in [6, 6.07) is 6.42. The molecule has 1 heterocycles. The van der Waals surface area contributed by atoms with Gasteiger partial charge in [0.25, 0.3) is 0 Å². The summed E-state index contributed by atoms with van der Waals surface area (Å²) in [7, 11) is 0. The molecule has 118 valence electrons. The highest BCUT2D eigenvalue weighted by atomic mass is 16.2. The lowest BCUT2D eigenvalue weighted by molar-refractivity contribution is -0.134. The first kappa shape index (κ1) is 15.3. The molecule has 0 radical (unpaired) electrons. The van der Waals surface area contributed by atoms with Gasteiger partial charge >= 0.3 is 0 Å². The van der Waals surface area contributed by atoms with E-state index >= 15 is 0 Å². The van der Waals surface area contributed by atoms with Crippen molar-refractivity contribution in [2.75, 3.05) is 13.1 Å². The molecule has 1 saturated heterocycles. The molecule has 1 saturated carbocycles. The molecule has 3 heteroatoms. The minimum Gasteiger partial charge on any atom is -0.341 e. The van der Waals surface area contributed by atoms with Gasteiger partial charge in [0.2, 0.25) is 5.91 Å². The molecule has 2 fully saturated rings. The van der Waals surface area contributed by atoms with Crippen LogP contribution in [0.2, 0.25) is 0 Å². The summed E-state index contributed by atoms with van der Waals surface area (Å²) in [5.41, 5.74) is 9.48. The molecule has 2 N–H and O–H groups in total. The van der Waals surface area contributed by atoms with E-state index in [1.807, 2.05) is 4.90 Å². The number of allylic oxidation sites excluding steroid dienone is 1. The molecule has 1 aliphatic carbocycles. The van der Waals surface area contributed by atoms with Gasteiger partial charge in [-0.15, -0.1) is 0 Å². The van der Waals surface area contributed by atoms with Crippen LogP contribution in [0, 0.1) is 19.8 Å². The summed E-state index contributed by atoms with van der Waals surface area (Å²) in [6.45, 7) is 6.01. The second-order valence-corrected chi connectivity index (χ2v) is 6.95. The number of amides is 1. The van der Waals surface area contributed by atoms with Crippen LogP contribution in [0.25, 0.3) is 6.08 Å². The smallest absolute Gasteiger partial charge is 0.242 e. The maximum atomic E-state index is 12.2. The molecule has 0 bridgehead atoms. The normalized spacial score (nSPS) is 21.3. The molecule has 3 nitrogen and oxygen atoms in total. The van der Waals surface area contributed by atoms with Crippen LogP contribution >= 0.6 is 0 Å². The molecular formula is C19H26N2O. The molecule has 1 amide bonds. The SMILES string of the molecule is Cc1cccc(C)c1/C=C/C1CCN(C(=O)C2(N)CC2)CC1. The topological polar surface area (TPSA) is 46.3 Å². The highest BCUT2D eigenvalue weighted by Crippen LogP contribution is 2.35. The summed E-state index contributed by atoms with van der Waals surface area (Å²) < 4.78 is 0. The summed E-state index contributed by atoms with van der Waals surface area (Å²) in [4.78, 5) is 14.2. The second kappa shape index (κ2) is 5.88. The lowest BCUT2D eigenvalue weighted by Gasteiger charge is -2.32. The lowest BCUT2D eigenvalue weighted by Crippen LogP contribution is -2.48. The number of aryl methyl sites for hydroxylation is 2. The number of hydrogen-bond donors (Lipinski definition) is 1. The first-order valence-corrected chi connectivity index (χ1v) is 8.32. The first-order valence-electron chi connectivity index (χ1n) is 8.32. The van der Waals surface area contributed by atoms with Gasteiger partial charge in [-0.25, -0.2) is 0 Å². The minimum atomic E-state index is -0.513. The number of nitrogens with two attached hydrogens (primary N) is 1. The van der Waals surface area contributed by atoms with Crippen LogP contribution in [-0.2, 0) is 4.79 Å². The van der Waals surface area contributed by atoms with Crippen molar-refractivity contribution in [2.45, 2.75) is 45.1 Å². The highest BCUT2D eigenvalue weighted by Gasteiger charge is 2.48. The van der Waals surface area contributed by atoms with Gasteiger partial charge in [0.1, 0.15) is 0 Å². The molecule has 0 unspecified atom stereocenters. The van der Waals surface area contributed by atoms with E-state index < -0.39 is 5.54 Å². The van der Waals surface area contributed by atoms with Crippen LogP contribution in [0.15, 0.2) is 24.3 Å². The molecular weight excluding hydrogens is 272 g/mol. The Morgan fingerprint density at radius 1 is 1.23 bits per heavy atom. The van der Waals surface area contributed by atoms with Crippen LogP contribution in [0.4, 0.5) is 0 Å². The predicted molar refractivity (Wildman–Crippen MR) is 90.4 cm³/mol. The maximum absolute atomic E-state index is 12.2. The molecule has 1 aromatic rings. The zero-order valence-corrected chi connectivity index (χ0v) is 13.6. The molecule has 22 heavy (non-hydrogen) atoms. The van der Waals surface area contributed by atoms with E-state index in [9.17, 15) is 4.79 Å². The number of likely N-dealkylation sites (tertiary alicyclic amines) is 1. The molecule has 0 spiro atoms. The number of carbonyl (C=O) groups excluding carboxylic acids is 1. The molecule has 0 atom stereocenters. The standard InChI is InChI=1S/C19H26N2O/c1-14-4-3-5-15(2)17(14)7-6-16-8-12-21(13-9-16)18(22)19(20)10-11-19/h3-7,16H,8-13,20H2,1-2H3/b7-6+. The number of nitrogens with zero attached hydrogens (tertiary/aromatic N) is 1. The van der Waals surface area contributed by atoms with Crippen LogP contribution in [-0.4, -0.2) is 29.4 Å². The zero-order chi connectivity index (χ0) is 15.7. The van der Waals surface area contributed by atoms with Gasteiger partial charge < -0.3 is 10.6 Å². The number of benzene rings is 1. The molecule has 1 aliphatic heterocycles. The Balaban J connectivity index is 1.58. The molecule has 1 aromatic carbocycles. The van der Waals surface area contributed by atoms with E-state index in [0.29, 0.717) is 5.92 Å². The van der Waals surface area contributed by atoms with Crippen molar-refractivity contribution in [3.63, 3.8) is 0 Å². The average Bonchev–Trinajstić information content (AvgIpc) is 3.26. The third kappa shape index (κ3) is 3.09. The minimum absolute atomic E-state index is 0.171. The number of rotatable bonds is 3. The highest BCUT2D eigenvalue weighted by molar-refractivity contribution is 5.89. The zero-order valence-electron chi connectivity index (χ0n) is 13.6. The van der Waals surface area contributed by atoms with Crippen LogP contribution < -0.4 is 5.73 Å². The first-order chi connectivity index (χ1) is 10.5. The Morgan fingerprint density at radius 3 is 2.36 bits per heavy atom. The third-order valence-corrected chi connectivity index (χ3v) is 5.12. The Hall–Kier alpha value is -1.61. The second-order valence-electron chi connectivity index (χ2n) is 6.95. The maximum Gasteiger partial charge on any atom is 0.242 e. The van der Waals surface area contributed by atoms with Gasteiger partial charge in [0.05, 0.1) is 5.54 Å². The largest absolute Gasteiger partial charge is 0.341 e. The fraction of sp³-hybridized carbons (Fsp3) is 0.526. The van der Waals surface area contributed by atoms with Gasteiger partial charge in [0, 0.05) is 13.1 Å². The third-order valence-electron chi connectivity index (χ3n) is 5.12. The summed E-state index contributed by atoms with van der Waals surface area (Å²) in [5.74, 6) is 0.737. The van der Waals surface area contributed by atoms with E-state index in [-0.39, 0.29) is 5.91 Å². The molecule has 3 rings (SSSR count). The van der Waals surface area contributed by atoms with E-state index in [1.54, 1.807) is 0 Å². The van der Waals surface area contributed by atoms with Crippen molar-refractivity contribution in [3.8, 4) is 0 Å². The Morgan fingerprint density at radius 2 is 1.82 bits per heavy atom. The Bertz CT molecular complexity index is 573. The Kier molecular flexibility index (Phi) is 4.09. The van der Waals surface area contributed by atoms with Crippen LogP contribution in [0.1, 0.15) is 42.4 Å². The average molecular weight is 298 g/mol. The van der Waals surface area contributed by atoms with Crippen molar-refractivity contribution in [3.05, 3.63) is 41.0 Å². The van der Waals surface area contributed by atoms with Gasteiger partial charge in [-0.3, -0.25) is 4.79 Å². The van der Waals surface area contributed by atoms with Crippen molar-refractivity contribution < 1.29 is 4.79 Å². The van der Waals surface area contributed by atoms with Gasteiger partial charge in [0.15, 0.2) is 0 Å². The van der Waals surface area contributed by atoms with E-state index in [0.717, 1.165) is 38.8 Å². The molecule has 2 aliphatic rings. The van der Waals surface area contributed by atoms with E-state index in [4.69, 9.17) is 5.73 Å². The molecule has 0 aromatic heterocycles. The van der Waals surface area contributed by atoms with E-state index in [1.165, 1.54) is 16.7 Å². The number of piperidine rings is 1. The quantitative estimate of drug-likeness (QED) is 0.932. The van der Waals surface area contributed by atoms with Gasteiger partial charge in [-0.1, -0.05) is 30.4 Å². The number of carbonyl (C=O) groups is 1. The van der Waals surface area contributed by atoms with Crippen molar-refractivity contribution in [1.29, 1.82) is 0 Å². The van der Waals surface area contributed by atoms with Crippen LogP contribution in [0.3, 0.4) is 0 Å². The Labute approximate surface area is 133 Å². The van der Waals surface area contributed by atoms with Crippen molar-refractivity contribution in [1.82, 2.24) is 4.90 Å². The summed E-state index contributed by atoms with van der Waals surface area (Å²) >= 11 is 0. The van der Waals surface area contributed by atoms with Crippen LogP contribution in [0.5, 0.6) is 0 Å². The van der Waals surface area contributed by atoms with E-state index in [2.05, 4.69) is 44.2 Å². The van der Waals surface area contributed by atoms with Crippen molar-refractivity contribution >= 4 is 12.0 Å². The fourth-order valence-corrected chi connectivity index (χ4v) is 3.28. The lowest BCUT2D eigenvalue weighted by atomic mass is 9.93. The number of hydrogen-bond acceptors (Lipinski definition) is 2. The summed E-state index contributed by atoms with van der Waals surface area (Å²) in [6.07, 6.45) is 8.40. The summed E-state index contributed by atoms with van der Waals surface area (Å²) in [5, 5.41) is 0.